The summed E-state index contributed by atoms with van der Waals surface area (Å²) in [6.45, 7) is 1.67. The van der Waals surface area contributed by atoms with Gasteiger partial charge in [-0.25, -0.2) is 5.84 Å². The van der Waals surface area contributed by atoms with E-state index in [9.17, 15) is 4.79 Å². The molecule has 0 bridgehead atoms. The molecule has 1 rings (SSSR count). The fourth-order valence-electron chi connectivity index (χ4n) is 0.648. The number of hydrogen-bond donors (Lipinski definition) is 3. The van der Waals surface area contributed by atoms with Crippen LogP contribution in [0.5, 0.6) is 0 Å². The van der Waals surface area contributed by atoms with Crippen LogP contribution in [0.1, 0.15) is 0 Å². The van der Waals surface area contributed by atoms with Gasteiger partial charge >= 0.3 is 0 Å². The van der Waals surface area contributed by atoms with Gasteiger partial charge in [0.2, 0.25) is 5.91 Å². The highest BCUT2D eigenvalue weighted by Gasteiger charge is 2.07. The van der Waals surface area contributed by atoms with Gasteiger partial charge in [-0.1, -0.05) is 11.8 Å². The third-order valence-electron chi connectivity index (χ3n) is 1.14. The maximum Gasteiger partial charge on any atom is 0.244 e. The van der Waals surface area contributed by atoms with Crippen molar-refractivity contribution in [2.75, 3.05) is 18.8 Å². The summed E-state index contributed by atoms with van der Waals surface area (Å²) >= 11 is 1.36. The summed E-state index contributed by atoms with van der Waals surface area (Å²) in [5, 5.41) is 3.86. The van der Waals surface area contributed by atoms with Crippen LogP contribution in [0.25, 0.3) is 0 Å². The average Bonchev–Trinajstić information content (AvgIpc) is 2.52. The van der Waals surface area contributed by atoms with Crippen molar-refractivity contribution in [3.8, 4) is 0 Å². The number of rotatable bonds is 2. The van der Waals surface area contributed by atoms with Gasteiger partial charge in [-0.15, -0.1) is 0 Å². The van der Waals surface area contributed by atoms with Crippen molar-refractivity contribution in [2.24, 2.45) is 10.8 Å². The molecule has 1 heterocycles. The molecule has 1 amide bonds. The molecule has 0 unspecified atom stereocenters. The third kappa shape index (κ3) is 2.77. The molecule has 1 aliphatic heterocycles. The SMILES string of the molecule is NNC(=O)CSC1=NCCN1. The predicted molar refractivity (Wildman–Crippen MR) is 45.1 cm³/mol. The summed E-state index contributed by atoms with van der Waals surface area (Å²) in [7, 11) is 0. The second kappa shape index (κ2) is 4.20. The van der Waals surface area contributed by atoms with E-state index < -0.39 is 0 Å². The molecule has 0 radical (unpaired) electrons. The Balaban J connectivity index is 2.16. The molecule has 0 aromatic rings. The average molecular weight is 174 g/mol. The molecule has 0 saturated carbocycles. The van der Waals surface area contributed by atoms with Gasteiger partial charge in [-0.05, 0) is 0 Å². The highest BCUT2D eigenvalue weighted by atomic mass is 32.2. The normalized spacial score (nSPS) is 15.5. The van der Waals surface area contributed by atoms with Crippen LogP contribution in [-0.2, 0) is 4.79 Å². The second-order valence-electron chi connectivity index (χ2n) is 1.97. The van der Waals surface area contributed by atoms with Crippen molar-refractivity contribution in [1.29, 1.82) is 0 Å². The molecule has 0 atom stereocenters. The van der Waals surface area contributed by atoms with Gasteiger partial charge in [0.1, 0.15) is 0 Å². The van der Waals surface area contributed by atoms with Crippen molar-refractivity contribution in [1.82, 2.24) is 10.7 Å². The summed E-state index contributed by atoms with van der Waals surface area (Å²) in [5.74, 6) is 5.02. The zero-order valence-corrected chi connectivity index (χ0v) is 6.78. The molecular formula is C5H10N4OS. The van der Waals surface area contributed by atoms with Crippen molar-refractivity contribution < 1.29 is 4.79 Å². The second-order valence-corrected chi connectivity index (χ2v) is 2.93. The van der Waals surface area contributed by atoms with Crippen LogP contribution in [-0.4, -0.2) is 29.9 Å². The maximum atomic E-state index is 10.6. The molecule has 0 aromatic heterocycles. The number of nitrogens with zero attached hydrogens (tertiary/aromatic N) is 1. The lowest BCUT2D eigenvalue weighted by atomic mass is 10.7. The molecule has 0 aromatic carbocycles. The molecule has 0 saturated heterocycles. The van der Waals surface area contributed by atoms with Crippen LogP contribution in [0, 0.1) is 0 Å². The number of thioether (sulfide) groups is 1. The van der Waals surface area contributed by atoms with Crippen LogP contribution in [0.15, 0.2) is 4.99 Å². The molecule has 0 spiro atoms. The number of aliphatic imine (C=N–C) groups is 1. The van der Waals surface area contributed by atoms with E-state index in [4.69, 9.17) is 5.84 Å². The van der Waals surface area contributed by atoms with E-state index >= 15 is 0 Å². The number of amidine groups is 1. The highest BCUT2D eigenvalue weighted by molar-refractivity contribution is 8.14. The topological polar surface area (TPSA) is 79.5 Å². The number of nitrogens with one attached hydrogen (secondary N) is 2. The van der Waals surface area contributed by atoms with Crippen molar-refractivity contribution in [2.45, 2.75) is 0 Å². The molecule has 0 fully saturated rings. The van der Waals surface area contributed by atoms with E-state index in [1.807, 2.05) is 5.43 Å². The van der Waals surface area contributed by atoms with Crippen LogP contribution in [0.2, 0.25) is 0 Å². The van der Waals surface area contributed by atoms with Crippen molar-refractivity contribution >= 4 is 22.8 Å². The van der Waals surface area contributed by atoms with Gasteiger partial charge in [0, 0.05) is 6.54 Å². The summed E-state index contributed by atoms with van der Waals surface area (Å²) in [6.07, 6.45) is 0. The van der Waals surface area contributed by atoms with E-state index in [1.165, 1.54) is 11.8 Å². The smallest absolute Gasteiger partial charge is 0.244 e. The van der Waals surface area contributed by atoms with Gasteiger partial charge in [-0.3, -0.25) is 15.2 Å². The lowest BCUT2D eigenvalue weighted by Gasteiger charge is -1.99. The molecule has 0 aliphatic carbocycles. The quantitative estimate of drug-likeness (QED) is 0.275. The first-order chi connectivity index (χ1) is 5.33. The predicted octanol–water partition coefficient (Wildman–Crippen LogP) is -1.33. The first kappa shape index (κ1) is 8.35. The summed E-state index contributed by atoms with van der Waals surface area (Å²) in [4.78, 5) is 14.7. The Bertz CT molecular complexity index is 181. The van der Waals surface area contributed by atoms with Gasteiger partial charge in [0.05, 0.1) is 12.3 Å². The molecule has 62 valence electrons. The summed E-state index contributed by atoms with van der Waals surface area (Å²) in [6, 6.07) is 0. The number of nitrogens with two attached hydrogens (primary N) is 1. The number of hydrogen-bond acceptors (Lipinski definition) is 5. The number of hydrazine groups is 1. The fourth-order valence-corrected chi connectivity index (χ4v) is 1.39. The van der Waals surface area contributed by atoms with E-state index in [-0.39, 0.29) is 5.91 Å². The molecule has 11 heavy (non-hydrogen) atoms. The first-order valence-electron chi connectivity index (χ1n) is 3.23. The monoisotopic (exact) mass is 174 g/mol. The highest BCUT2D eigenvalue weighted by Crippen LogP contribution is 2.03. The van der Waals surface area contributed by atoms with Crippen LogP contribution >= 0.6 is 11.8 Å². The molecule has 4 N–H and O–H groups in total. The molecule has 5 nitrogen and oxygen atoms in total. The van der Waals surface area contributed by atoms with Crippen LogP contribution in [0.4, 0.5) is 0 Å². The van der Waals surface area contributed by atoms with E-state index in [0.717, 1.165) is 18.3 Å². The van der Waals surface area contributed by atoms with Gasteiger partial charge in [-0.2, -0.15) is 0 Å². The third-order valence-corrected chi connectivity index (χ3v) is 2.10. The largest absolute Gasteiger partial charge is 0.363 e. The zero-order chi connectivity index (χ0) is 8.10. The fraction of sp³-hybridized carbons (Fsp3) is 0.600. The van der Waals surface area contributed by atoms with Crippen LogP contribution < -0.4 is 16.6 Å². The summed E-state index contributed by atoms with van der Waals surface area (Å²) in [5.41, 5.74) is 2.05. The van der Waals surface area contributed by atoms with E-state index in [1.54, 1.807) is 0 Å². The van der Waals surface area contributed by atoms with Crippen molar-refractivity contribution in [3.63, 3.8) is 0 Å². The lowest BCUT2D eigenvalue weighted by molar-refractivity contribution is -0.118. The number of carbonyl (C=O) groups is 1. The van der Waals surface area contributed by atoms with E-state index in [0.29, 0.717) is 5.75 Å². The Morgan fingerprint density at radius 2 is 2.73 bits per heavy atom. The number of amides is 1. The Morgan fingerprint density at radius 1 is 1.91 bits per heavy atom. The van der Waals surface area contributed by atoms with Crippen molar-refractivity contribution in [3.05, 3.63) is 0 Å². The first-order valence-corrected chi connectivity index (χ1v) is 4.22. The number of carbonyl (C=O) groups excluding carboxylic acids is 1. The van der Waals surface area contributed by atoms with Gasteiger partial charge in [0.15, 0.2) is 5.17 Å². The Morgan fingerprint density at radius 3 is 3.27 bits per heavy atom. The zero-order valence-electron chi connectivity index (χ0n) is 5.96. The minimum atomic E-state index is -0.189. The molecular weight excluding hydrogens is 164 g/mol. The Hall–Kier alpha value is -0.750. The standard InChI is InChI=1S/C5H10N4OS/c6-9-4(10)3-11-5-7-1-2-8-5/h1-3,6H2,(H,7,8)(H,9,10). The molecule has 1 aliphatic rings. The van der Waals surface area contributed by atoms with Gasteiger partial charge in [0.25, 0.3) is 0 Å². The Labute approximate surface area is 68.8 Å². The van der Waals surface area contributed by atoms with Crippen LogP contribution in [0.3, 0.4) is 0 Å². The lowest BCUT2D eigenvalue weighted by Crippen LogP contribution is -2.32. The summed E-state index contributed by atoms with van der Waals surface area (Å²) < 4.78 is 0. The van der Waals surface area contributed by atoms with E-state index in [2.05, 4.69) is 10.3 Å². The molecule has 6 heteroatoms. The minimum absolute atomic E-state index is 0.189. The minimum Gasteiger partial charge on any atom is -0.363 e. The maximum absolute atomic E-state index is 10.6. The Kier molecular flexibility index (Phi) is 3.18. The van der Waals surface area contributed by atoms with Gasteiger partial charge < -0.3 is 5.32 Å².